The molecule has 0 aliphatic heterocycles. The van der Waals surface area contributed by atoms with Gasteiger partial charge >= 0.3 is 0 Å². The van der Waals surface area contributed by atoms with Crippen molar-refractivity contribution in [3.8, 4) is 22.8 Å². The second-order valence-corrected chi connectivity index (χ2v) is 5.42. The van der Waals surface area contributed by atoms with Gasteiger partial charge in [0, 0.05) is 25.2 Å². The highest BCUT2D eigenvalue weighted by Crippen LogP contribution is 2.26. The van der Waals surface area contributed by atoms with Crippen molar-refractivity contribution in [1.29, 1.82) is 0 Å². The van der Waals surface area contributed by atoms with Crippen LogP contribution >= 0.6 is 0 Å². The molecule has 2 aromatic carbocycles. The average Bonchev–Trinajstić information content (AvgIpc) is 3.01. The fourth-order valence-electron chi connectivity index (χ4n) is 2.62. The lowest BCUT2D eigenvalue weighted by atomic mass is 10.2. The molecule has 5 nitrogen and oxygen atoms in total. The van der Waals surface area contributed by atoms with Crippen molar-refractivity contribution in [2.75, 3.05) is 19.5 Å². The number of anilines is 1. The Kier molecular flexibility index (Phi) is 4.70. The minimum Gasteiger partial charge on any atom is -0.497 e. The summed E-state index contributed by atoms with van der Waals surface area (Å²) in [6.45, 7) is 0.617. The number of ether oxygens (including phenoxy) is 2. The molecule has 0 fully saturated rings. The lowest BCUT2D eigenvalue weighted by molar-refractivity contribution is 0.391. The number of nitrogens with zero attached hydrogens (tertiary/aromatic N) is 2. The van der Waals surface area contributed by atoms with Gasteiger partial charge in [-0.3, -0.25) is 0 Å². The van der Waals surface area contributed by atoms with Gasteiger partial charge in [0.2, 0.25) is 5.95 Å². The maximum absolute atomic E-state index is 5.43. The second kappa shape index (κ2) is 7.08. The molecule has 0 atom stereocenters. The first kappa shape index (κ1) is 15.9. The lowest BCUT2D eigenvalue weighted by Gasteiger charge is -2.12. The minimum atomic E-state index is 0.617. The molecule has 1 N–H and O–H groups in total. The van der Waals surface area contributed by atoms with Crippen LogP contribution < -0.4 is 14.8 Å². The summed E-state index contributed by atoms with van der Waals surface area (Å²) < 4.78 is 12.7. The Balaban J connectivity index is 1.77. The van der Waals surface area contributed by atoms with E-state index in [2.05, 4.69) is 22.4 Å². The summed E-state index contributed by atoms with van der Waals surface area (Å²) in [7, 11) is 5.31. The fraction of sp³-hybridized carbons (Fsp3) is 0.211. The molecule has 1 heterocycles. The number of hydrogen-bond donors (Lipinski definition) is 1. The van der Waals surface area contributed by atoms with E-state index in [0.717, 1.165) is 34.3 Å². The molecule has 0 saturated heterocycles. The number of imidazole rings is 1. The van der Waals surface area contributed by atoms with Gasteiger partial charge in [-0.2, -0.15) is 0 Å². The van der Waals surface area contributed by atoms with Crippen molar-refractivity contribution in [1.82, 2.24) is 9.55 Å². The van der Waals surface area contributed by atoms with Gasteiger partial charge in [0.05, 0.1) is 26.1 Å². The van der Waals surface area contributed by atoms with E-state index in [4.69, 9.17) is 9.47 Å². The van der Waals surface area contributed by atoms with Gasteiger partial charge in [-0.1, -0.05) is 30.3 Å². The van der Waals surface area contributed by atoms with Crippen LogP contribution in [0.25, 0.3) is 11.3 Å². The number of methoxy groups -OCH3 is 2. The van der Waals surface area contributed by atoms with E-state index in [1.807, 2.05) is 54.2 Å². The van der Waals surface area contributed by atoms with Gasteiger partial charge in [0.15, 0.2) is 0 Å². The Bertz CT molecular complexity index is 813. The summed E-state index contributed by atoms with van der Waals surface area (Å²) in [5.74, 6) is 2.38. The van der Waals surface area contributed by atoms with E-state index >= 15 is 0 Å². The molecule has 0 amide bonds. The molecule has 0 aliphatic carbocycles. The highest BCUT2D eigenvalue weighted by Gasteiger charge is 2.10. The van der Waals surface area contributed by atoms with Gasteiger partial charge in [0.25, 0.3) is 0 Å². The predicted octanol–water partition coefficient (Wildman–Crippen LogP) is 3.72. The van der Waals surface area contributed by atoms with Crippen molar-refractivity contribution in [3.63, 3.8) is 0 Å². The number of nitrogens with one attached hydrogen (secondary N) is 1. The van der Waals surface area contributed by atoms with Crippen molar-refractivity contribution >= 4 is 5.95 Å². The van der Waals surface area contributed by atoms with Crippen molar-refractivity contribution in [2.24, 2.45) is 7.05 Å². The molecule has 0 saturated carbocycles. The van der Waals surface area contributed by atoms with Gasteiger partial charge < -0.3 is 19.4 Å². The molecule has 0 bridgehead atoms. The maximum atomic E-state index is 5.43. The van der Waals surface area contributed by atoms with Crippen LogP contribution in [0.2, 0.25) is 0 Å². The molecule has 0 radical (unpaired) electrons. The van der Waals surface area contributed by atoms with E-state index in [9.17, 15) is 0 Å². The Labute approximate surface area is 141 Å². The lowest BCUT2D eigenvalue weighted by Crippen LogP contribution is -2.07. The first-order chi connectivity index (χ1) is 11.7. The Morgan fingerprint density at radius 2 is 1.83 bits per heavy atom. The van der Waals surface area contributed by atoms with Crippen molar-refractivity contribution < 1.29 is 9.47 Å². The van der Waals surface area contributed by atoms with Gasteiger partial charge in [0.1, 0.15) is 11.5 Å². The molecule has 1 aromatic heterocycles. The second-order valence-electron chi connectivity index (χ2n) is 5.42. The smallest absolute Gasteiger partial charge is 0.203 e. The Morgan fingerprint density at radius 3 is 2.54 bits per heavy atom. The third kappa shape index (κ3) is 3.20. The zero-order chi connectivity index (χ0) is 16.9. The molecule has 3 aromatic rings. The van der Waals surface area contributed by atoms with Gasteiger partial charge in [-0.25, -0.2) is 4.98 Å². The third-order valence-corrected chi connectivity index (χ3v) is 3.99. The molecule has 5 heteroatoms. The summed E-state index contributed by atoms with van der Waals surface area (Å²) in [4.78, 5) is 4.48. The average molecular weight is 323 g/mol. The number of rotatable bonds is 6. The first-order valence-corrected chi connectivity index (χ1v) is 7.75. The molecule has 3 rings (SSSR count). The number of aromatic nitrogens is 2. The van der Waals surface area contributed by atoms with E-state index < -0.39 is 0 Å². The normalized spacial score (nSPS) is 10.5. The van der Waals surface area contributed by atoms with Crippen LogP contribution in [0.5, 0.6) is 11.5 Å². The number of benzene rings is 2. The quantitative estimate of drug-likeness (QED) is 0.751. The van der Waals surface area contributed by atoms with Crippen LogP contribution in [0.3, 0.4) is 0 Å². The standard InChI is InChI=1S/C19H21N3O2/c1-22-17(14-7-5-4-6-8-14)13-21-19(22)20-12-15-9-10-16(23-2)11-18(15)24-3/h4-11,13H,12H2,1-3H3,(H,20,21). The zero-order valence-corrected chi connectivity index (χ0v) is 14.1. The number of hydrogen-bond acceptors (Lipinski definition) is 4. The summed E-state index contributed by atoms with van der Waals surface area (Å²) in [5.41, 5.74) is 3.25. The zero-order valence-electron chi connectivity index (χ0n) is 14.1. The molecule has 124 valence electrons. The van der Waals surface area contributed by atoms with E-state index in [-0.39, 0.29) is 0 Å². The minimum absolute atomic E-state index is 0.617. The SMILES string of the molecule is COc1ccc(CNc2ncc(-c3ccccc3)n2C)c(OC)c1. The van der Waals surface area contributed by atoms with Crippen LogP contribution in [-0.2, 0) is 13.6 Å². The van der Waals surface area contributed by atoms with E-state index in [1.165, 1.54) is 0 Å². The third-order valence-electron chi connectivity index (χ3n) is 3.99. The topological polar surface area (TPSA) is 48.3 Å². The summed E-state index contributed by atoms with van der Waals surface area (Å²) >= 11 is 0. The van der Waals surface area contributed by atoms with E-state index in [0.29, 0.717) is 6.54 Å². The molecule has 0 spiro atoms. The summed E-state index contributed by atoms with van der Waals surface area (Å²) in [6.07, 6.45) is 1.88. The Hall–Kier alpha value is -2.95. The van der Waals surface area contributed by atoms with Crippen molar-refractivity contribution in [2.45, 2.75) is 6.54 Å². The summed E-state index contributed by atoms with van der Waals surface area (Å²) in [6, 6.07) is 16.0. The summed E-state index contributed by atoms with van der Waals surface area (Å²) in [5, 5.41) is 3.36. The molecule has 24 heavy (non-hydrogen) atoms. The predicted molar refractivity (Wildman–Crippen MR) is 95.5 cm³/mol. The van der Waals surface area contributed by atoms with Crippen LogP contribution in [-0.4, -0.2) is 23.8 Å². The van der Waals surface area contributed by atoms with Crippen LogP contribution in [0.1, 0.15) is 5.56 Å². The maximum Gasteiger partial charge on any atom is 0.203 e. The largest absolute Gasteiger partial charge is 0.497 e. The van der Waals surface area contributed by atoms with Crippen LogP contribution in [0, 0.1) is 0 Å². The fourth-order valence-corrected chi connectivity index (χ4v) is 2.62. The van der Waals surface area contributed by atoms with Gasteiger partial charge in [-0.05, 0) is 17.7 Å². The highest BCUT2D eigenvalue weighted by atomic mass is 16.5. The monoisotopic (exact) mass is 323 g/mol. The molecular weight excluding hydrogens is 302 g/mol. The van der Waals surface area contributed by atoms with Crippen LogP contribution in [0.15, 0.2) is 54.7 Å². The molecule has 0 aliphatic rings. The van der Waals surface area contributed by atoms with Crippen molar-refractivity contribution in [3.05, 3.63) is 60.3 Å². The van der Waals surface area contributed by atoms with E-state index in [1.54, 1.807) is 14.2 Å². The first-order valence-electron chi connectivity index (χ1n) is 7.75. The highest BCUT2D eigenvalue weighted by molar-refractivity contribution is 5.61. The molecule has 0 unspecified atom stereocenters. The Morgan fingerprint density at radius 1 is 1.04 bits per heavy atom. The molecular formula is C19H21N3O2. The van der Waals surface area contributed by atoms with Gasteiger partial charge in [-0.15, -0.1) is 0 Å². The van der Waals surface area contributed by atoms with Crippen LogP contribution in [0.4, 0.5) is 5.95 Å².